The van der Waals surface area contributed by atoms with Crippen LogP contribution < -0.4 is 16.2 Å². The second-order valence-corrected chi connectivity index (χ2v) is 4.70. The van der Waals surface area contributed by atoms with Crippen molar-refractivity contribution in [2.75, 3.05) is 7.05 Å². The molecule has 1 atom stereocenters. The summed E-state index contributed by atoms with van der Waals surface area (Å²) in [5.74, 6) is -0.454. The molecule has 0 aromatic carbocycles. The molecule has 0 aliphatic carbocycles. The SMILES string of the molecule is CNC(=O)C(CC(C)C)NC(=O)c1cccc(=O)[nH]1. The Hall–Kier alpha value is -2.11. The molecule has 0 radical (unpaired) electrons. The molecule has 0 saturated heterocycles. The number of likely N-dealkylation sites (N-methyl/N-ethyl adjacent to an activating group) is 1. The molecule has 104 valence electrons. The van der Waals surface area contributed by atoms with Gasteiger partial charge in [-0.2, -0.15) is 0 Å². The van der Waals surface area contributed by atoms with Crippen molar-refractivity contribution in [1.29, 1.82) is 0 Å². The Bertz CT molecular complexity index is 508. The Morgan fingerprint density at radius 1 is 1.32 bits per heavy atom. The maximum atomic E-state index is 11.9. The molecule has 1 heterocycles. The number of aromatic nitrogens is 1. The minimum atomic E-state index is -0.610. The van der Waals surface area contributed by atoms with E-state index in [1.54, 1.807) is 0 Å². The molecule has 6 nitrogen and oxygen atoms in total. The Balaban J connectivity index is 2.81. The van der Waals surface area contributed by atoms with Gasteiger partial charge in [0.1, 0.15) is 11.7 Å². The number of carbonyl (C=O) groups is 2. The number of carbonyl (C=O) groups excluding carboxylic acids is 2. The van der Waals surface area contributed by atoms with E-state index in [4.69, 9.17) is 0 Å². The van der Waals surface area contributed by atoms with Gasteiger partial charge in [0.25, 0.3) is 5.91 Å². The lowest BCUT2D eigenvalue weighted by atomic mass is 10.0. The van der Waals surface area contributed by atoms with Crippen molar-refractivity contribution in [2.45, 2.75) is 26.3 Å². The van der Waals surface area contributed by atoms with Crippen LogP contribution in [0, 0.1) is 5.92 Å². The van der Waals surface area contributed by atoms with Gasteiger partial charge in [-0.05, 0) is 18.4 Å². The van der Waals surface area contributed by atoms with E-state index in [0.717, 1.165) is 0 Å². The highest BCUT2D eigenvalue weighted by molar-refractivity contribution is 5.95. The summed E-state index contributed by atoms with van der Waals surface area (Å²) in [6, 6.07) is 3.69. The highest BCUT2D eigenvalue weighted by Gasteiger charge is 2.21. The molecule has 0 saturated carbocycles. The van der Waals surface area contributed by atoms with Crippen LogP contribution in [0.1, 0.15) is 30.8 Å². The van der Waals surface area contributed by atoms with E-state index in [2.05, 4.69) is 15.6 Å². The summed E-state index contributed by atoms with van der Waals surface area (Å²) in [6.07, 6.45) is 0.530. The van der Waals surface area contributed by atoms with Crippen LogP contribution in [-0.2, 0) is 4.79 Å². The van der Waals surface area contributed by atoms with Crippen molar-refractivity contribution in [1.82, 2.24) is 15.6 Å². The zero-order valence-electron chi connectivity index (χ0n) is 11.3. The molecule has 6 heteroatoms. The minimum Gasteiger partial charge on any atom is -0.357 e. The van der Waals surface area contributed by atoms with E-state index in [1.165, 1.54) is 25.2 Å². The third-order valence-electron chi connectivity index (χ3n) is 2.59. The first-order valence-corrected chi connectivity index (χ1v) is 6.15. The van der Waals surface area contributed by atoms with Crippen molar-refractivity contribution in [3.05, 3.63) is 34.2 Å². The van der Waals surface area contributed by atoms with Gasteiger partial charge in [0.05, 0.1) is 0 Å². The van der Waals surface area contributed by atoms with Crippen LogP contribution in [0.2, 0.25) is 0 Å². The second-order valence-electron chi connectivity index (χ2n) is 4.70. The lowest BCUT2D eigenvalue weighted by Crippen LogP contribution is -2.46. The van der Waals surface area contributed by atoms with E-state index < -0.39 is 11.9 Å². The molecule has 19 heavy (non-hydrogen) atoms. The van der Waals surface area contributed by atoms with E-state index >= 15 is 0 Å². The summed E-state index contributed by atoms with van der Waals surface area (Å²) in [4.78, 5) is 37.2. The van der Waals surface area contributed by atoms with Crippen LogP contribution in [0.25, 0.3) is 0 Å². The standard InChI is InChI=1S/C13H19N3O3/c1-8(2)7-10(12(18)14-3)16-13(19)9-5-4-6-11(17)15-9/h4-6,8,10H,7H2,1-3H3,(H,14,18)(H,15,17)(H,16,19). The first kappa shape index (κ1) is 14.9. The zero-order chi connectivity index (χ0) is 14.4. The Kier molecular flexibility index (Phi) is 5.29. The average Bonchev–Trinajstić information content (AvgIpc) is 2.36. The van der Waals surface area contributed by atoms with Gasteiger partial charge in [0.2, 0.25) is 11.5 Å². The molecule has 0 aliphatic heterocycles. The maximum absolute atomic E-state index is 11.9. The maximum Gasteiger partial charge on any atom is 0.268 e. The van der Waals surface area contributed by atoms with Gasteiger partial charge in [0.15, 0.2) is 0 Å². The molecule has 0 spiro atoms. The van der Waals surface area contributed by atoms with Crippen LogP contribution in [0.4, 0.5) is 0 Å². The topological polar surface area (TPSA) is 91.1 Å². The third-order valence-corrected chi connectivity index (χ3v) is 2.59. The van der Waals surface area contributed by atoms with Gasteiger partial charge >= 0.3 is 0 Å². The molecule has 0 fully saturated rings. The number of nitrogens with one attached hydrogen (secondary N) is 3. The number of H-pyrrole nitrogens is 1. The summed E-state index contributed by atoms with van der Waals surface area (Å²) >= 11 is 0. The molecule has 1 unspecified atom stereocenters. The highest BCUT2D eigenvalue weighted by Crippen LogP contribution is 2.05. The van der Waals surface area contributed by atoms with Crippen LogP contribution in [-0.4, -0.2) is 29.9 Å². The van der Waals surface area contributed by atoms with Crippen molar-refractivity contribution in [3.63, 3.8) is 0 Å². The fourth-order valence-electron chi connectivity index (χ4n) is 1.69. The molecule has 1 aromatic heterocycles. The van der Waals surface area contributed by atoms with Crippen molar-refractivity contribution in [2.24, 2.45) is 5.92 Å². The first-order valence-electron chi connectivity index (χ1n) is 6.15. The lowest BCUT2D eigenvalue weighted by Gasteiger charge is -2.18. The number of hydrogen-bond donors (Lipinski definition) is 3. The van der Waals surface area contributed by atoms with E-state index in [9.17, 15) is 14.4 Å². The van der Waals surface area contributed by atoms with E-state index in [-0.39, 0.29) is 23.1 Å². The van der Waals surface area contributed by atoms with Gasteiger partial charge < -0.3 is 15.6 Å². The van der Waals surface area contributed by atoms with Gasteiger partial charge in [-0.25, -0.2) is 0 Å². The monoisotopic (exact) mass is 265 g/mol. The molecule has 0 bridgehead atoms. The van der Waals surface area contributed by atoms with Crippen molar-refractivity contribution in [3.8, 4) is 0 Å². The summed E-state index contributed by atoms with van der Waals surface area (Å²) in [7, 11) is 1.52. The smallest absolute Gasteiger partial charge is 0.268 e. The number of amides is 2. The van der Waals surface area contributed by atoms with E-state index in [1.807, 2.05) is 13.8 Å². The predicted molar refractivity (Wildman–Crippen MR) is 71.8 cm³/mol. The van der Waals surface area contributed by atoms with Gasteiger partial charge in [-0.15, -0.1) is 0 Å². The Morgan fingerprint density at radius 2 is 2.00 bits per heavy atom. The summed E-state index contributed by atoms with van der Waals surface area (Å²) in [5.41, 5.74) is -0.210. The molecule has 2 amide bonds. The first-order chi connectivity index (χ1) is 8.93. The third kappa shape index (κ3) is 4.57. The molecule has 0 aliphatic rings. The normalized spacial score (nSPS) is 12.0. The minimum absolute atomic E-state index is 0.144. The summed E-state index contributed by atoms with van der Waals surface area (Å²) in [6.45, 7) is 3.93. The van der Waals surface area contributed by atoms with Gasteiger partial charge in [-0.3, -0.25) is 14.4 Å². The predicted octanol–water partition coefficient (Wildman–Crippen LogP) is 0.265. The number of pyridine rings is 1. The van der Waals surface area contributed by atoms with Crippen LogP contribution in [0.5, 0.6) is 0 Å². The number of aromatic amines is 1. The second kappa shape index (κ2) is 6.72. The fraction of sp³-hybridized carbons (Fsp3) is 0.462. The molecule has 1 rings (SSSR count). The highest BCUT2D eigenvalue weighted by atomic mass is 16.2. The van der Waals surface area contributed by atoms with Crippen LogP contribution in [0.3, 0.4) is 0 Å². The zero-order valence-corrected chi connectivity index (χ0v) is 11.3. The molecule has 1 aromatic rings. The average molecular weight is 265 g/mol. The van der Waals surface area contributed by atoms with Gasteiger partial charge in [-0.1, -0.05) is 19.9 Å². The fourth-order valence-corrected chi connectivity index (χ4v) is 1.69. The quantitative estimate of drug-likeness (QED) is 0.713. The largest absolute Gasteiger partial charge is 0.357 e. The van der Waals surface area contributed by atoms with E-state index in [0.29, 0.717) is 6.42 Å². The van der Waals surface area contributed by atoms with Crippen LogP contribution in [0.15, 0.2) is 23.0 Å². The van der Waals surface area contributed by atoms with Crippen LogP contribution >= 0.6 is 0 Å². The van der Waals surface area contributed by atoms with Crippen molar-refractivity contribution < 1.29 is 9.59 Å². The lowest BCUT2D eigenvalue weighted by molar-refractivity contribution is -0.122. The summed E-state index contributed by atoms with van der Waals surface area (Å²) in [5, 5.41) is 5.13. The van der Waals surface area contributed by atoms with Crippen molar-refractivity contribution >= 4 is 11.8 Å². The Morgan fingerprint density at radius 3 is 2.53 bits per heavy atom. The Labute approximate surface area is 111 Å². The molecule has 3 N–H and O–H groups in total. The number of rotatable bonds is 5. The van der Waals surface area contributed by atoms with Gasteiger partial charge in [0, 0.05) is 13.1 Å². The number of hydrogen-bond acceptors (Lipinski definition) is 3. The molecular formula is C13H19N3O3. The molecular weight excluding hydrogens is 246 g/mol. The summed E-state index contributed by atoms with van der Waals surface area (Å²) < 4.78 is 0.